The van der Waals surface area contributed by atoms with Gasteiger partial charge in [0.2, 0.25) is 5.91 Å². The molecule has 4 aromatic rings. The third kappa shape index (κ3) is 3.37. The predicted molar refractivity (Wildman–Crippen MR) is 106 cm³/mol. The van der Waals surface area contributed by atoms with Gasteiger partial charge in [0.15, 0.2) is 11.7 Å². The van der Waals surface area contributed by atoms with Gasteiger partial charge in [-0.2, -0.15) is 0 Å². The number of hydrogen-bond donors (Lipinski definition) is 0. The van der Waals surface area contributed by atoms with E-state index >= 15 is 0 Å². The average molecular weight is 388 g/mol. The van der Waals surface area contributed by atoms with E-state index in [1.807, 2.05) is 30.2 Å². The molecule has 5 rings (SSSR count). The Labute approximate surface area is 167 Å². The zero-order valence-corrected chi connectivity index (χ0v) is 16.3. The van der Waals surface area contributed by atoms with E-state index in [1.54, 1.807) is 25.5 Å². The zero-order chi connectivity index (χ0) is 20.0. The molecule has 1 aliphatic heterocycles. The number of oxazole rings is 1. The molecular weight excluding hydrogens is 368 g/mol. The predicted octanol–water partition coefficient (Wildman–Crippen LogP) is 2.68. The Morgan fingerprint density at radius 3 is 2.76 bits per heavy atom. The first-order valence-corrected chi connectivity index (χ1v) is 9.53. The molecule has 0 spiro atoms. The Bertz CT molecular complexity index is 1230. The number of imidazole rings is 1. The van der Waals surface area contributed by atoms with Crippen LogP contribution in [0.15, 0.2) is 41.3 Å². The smallest absolute Gasteiger partial charge is 0.229 e. The minimum Gasteiger partial charge on any atom is -0.439 e. The monoisotopic (exact) mass is 388 g/mol. The van der Waals surface area contributed by atoms with Gasteiger partial charge >= 0.3 is 0 Å². The van der Waals surface area contributed by atoms with Gasteiger partial charge < -0.3 is 13.9 Å². The molecule has 5 heterocycles. The van der Waals surface area contributed by atoms with Crippen LogP contribution in [0.1, 0.15) is 23.1 Å². The van der Waals surface area contributed by atoms with Crippen LogP contribution in [-0.2, 0) is 24.3 Å². The van der Waals surface area contributed by atoms with Gasteiger partial charge in [-0.15, -0.1) is 0 Å². The molecule has 0 saturated carbocycles. The lowest BCUT2D eigenvalue weighted by Crippen LogP contribution is -2.39. The molecule has 8 heteroatoms. The van der Waals surface area contributed by atoms with Crippen molar-refractivity contribution < 1.29 is 9.21 Å². The van der Waals surface area contributed by atoms with Crippen molar-refractivity contribution in [3.05, 3.63) is 60.0 Å². The molecule has 0 fully saturated rings. The Balaban J connectivity index is 1.36. The van der Waals surface area contributed by atoms with Gasteiger partial charge in [-0.1, -0.05) is 0 Å². The number of fused-ring (bicyclic) bond motifs is 2. The van der Waals surface area contributed by atoms with Gasteiger partial charge in [-0.25, -0.2) is 9.97 Å². The summed E-state index contributed by atoms with van der Waals surface area (Å²) in [5, 5.41) is 1.88. The maximum absolute atomic E-state index is 12.8. The molecule has 0 saturated heterocycles. The Morgan fingerprint density at radius 2 is 1.93 bits per heavy atom. The molecule has 4 aromatic heterocycles. The average Bonchev–Trinajstić information content (AvgIpc) is 3.31. The Hall–Kier alpha value is -3.55. The number of nitrogens with zero attached hydrogens (tertiary/aromatic N) is 6. The molecule has 0 atom stereocenters. The molecule has 1 amide bonds. The maximum atomic E-state index is 12.8. The minimum absolute atomic E-state index is 0.0592. The van der Waals surface area contributed by atoms with Crippen LogP contribution in [0.5, 0.6) is 0 Å². The summed E-state index contributed by atoms with van der Waals surface area (Å²) >= 11 is 0. The van der Waals surface area contributed by atoms with Gasteiger partial charge in [0.25, 0.3) is 0 Å². The van der Waals surface area contributed by atoms with E-state index in [-0.39, 0.29) is 12.3 Å². The molecule has 0 bridgehead atoms. The van der Waals surface area contributed by atoms with Crippen LogP contribution in [-0.4, -0.2) is 41.9 Å². The van der Waals surface area contributed by atoms with Crippen molar-refractivity contribution in [1.29, 1.82) is 0 Å². The van der Waals surface area contributed by atoms with Crippen LogP contribution in [0, 0.1) is 13.8 Å². The molecule has 0 N–H and O–H groups in total. The van der Waals surface area contributed by atoms with Gasteiger partial charge in [0, 0.05) is 44.0 Å². The summed E-state index contributed by atoms with van der Waals surface area (Å²) in [6.07, 6.45) is 7.47. The number of carbonyl (C=O) groups excluding carboxylic acids is 1. The van der Waals surface area contributed by atoms with E-state index in [1.165, 1.54) is 0 Å². The lowest BCUT2D eigenvalue weighted by Gasteiger charge is -2.27. The molecule has 0 radical (unpaired) electrons. The van der Waals surface area contributed by atoms with Crippen molar-refractivity contribution >= 4 is 16.7 Å². The fourth-order valence-corrected chi connectivity index (χ4v) is 3.67. The lowest BCUT2D eigenvalue weighted by atomic mass is 10.1. The highest BCUT2D eigenvalue weighted by Crippen LogP contribution is 2.23. The first-order valence-electron chi connectivity index (χ1n) is 9.53. The van der Waals surface area contributed by atoms with Crippen LogP contribution < -0.4 is 0 Å². The second kappa shape index (κ2) is 6.80. The fourth-order valence-electron chi connectivity index (χ4n) is 3.67. The van der Waals surface area contributed by atoms with Crippen LogP contribution in [0.2, 0.25) is 0 Å². The van der Waals surface area contributed by atoms with Gasteiger partial charge in [-0.05, 0) is 24.4 Å². The van der Waals surface area contributed by atoms with Crippen molar-refractivity contribution in [2.24, 2.45) is 0 Å². The van der Waals surface area contributed by atoms with Crippen LogP contribution >= 0.6 is 0 Å². The number of amides is 1. The molecule has 29 heavy (non-hydrogen) atoms. The summed E-state index contributed by atoms with van der Waals surface area (Å²) in [5.74, 6) is 2.22. The first kappa shape index (κ1) is 17.5. The number of aryl methyl sites for hydroxylation is 2. The summed E-state index contributed by atoms with van der Waals surface area (Å²) < 4.78 is 7.68. The Kier molecular flexibility index (Phi) is 4.12. The highest BCUT2D eigenvalue weighted by molar-refractivity contribution is 5.85. The fraction of sp³-hybridized carbons (Fsp3) is 0.286. The van der Waals surface area contributed by atoms with Gasteiger partial charge in [0.1, 0.15) is 11.5 Å². The topological polar surface area (TPSA) is 89.9 Å². The summed E-state index contributed by atoms with van der Waals surface area (Å²) in [5.41, 5.74) is 2.43. The standard InChI is InChI=1S/C21H20N6O2/c1-13-11-26-3-4-27(12-20(26)25-13)21(28)7-17-5-15-6-18(19-10-22-14(2)29-19)24-9-16(15)8-23-17/h5-6,8-11H,3-4,7,12H2,1-2H3. The third-order valence-corrected chi connectivity index (χ3v) is 5.14. The minimum atomic E-state index is 0.0592. The molecule has 8 nitrogen and oxygen atoms in total. The number of hydrogen-bond acceptors (Lipinski definition) is 6. The molecule has 0 unspecified atom stereocenters. The maximum Gasteiger partial charge on any atom is 0.229 e. The summed E-state index contributed by atoms with van der Waals surface area (Å²) in [7, 11) is 0. The van der Waals surface area contributed by atoms with Crippen LogP contribution in [0.25, 0.3) is 22.2 Å². The molecular formula is C21H20N6O2. The van der Waals surface area contributed by atoms with Crippen molar-refractivity contribution in [3.63, 3.8) is 0 Å². The van der Waals surface area contributed by atoms with E-state index in [0.29, 0.717) is 30.4 Å². The number of pyridine rings is 2. The molecule has 1 aliphatic rings. The van der Waals surface area contributed by atoms with Crippen LogP contribution in [0.4, 0.5) is 0 Å². The van der Waals surface area contributed by atoms with E-state index < -0.39 is 0 Å². The number of carbonyl (C=O) groups is 1. The SMILES string of the molecule is Cc1cn2c(n1)CN(C(=O)Cc1cc3cc(-c4cnc(C)o4)ncc3cn1)CC2. The zero-order valence-electron chi connectivity index (χ0n) is 16.3. The number of rotatable bonds is 3. The summed E-state index contributed by atoms with van der Waals surface area (Å²) in [4.78, 5) is 32.2. The van der Waals surface area contributed by atoms with Crippen molar-refractivity contribution in [1.82, 2.24) is 29.4 Å². The first-order chi connectivity index (χ1) is 14.0. The highest BCUT2D eigenvalue weighted by Gasteiger charge is 2.22. The van der Waals surface area contributed by atoms with Gasteiger partial charge in [-0.3, -0.25) is 14.8 Å². The van der Waals surface area contributed by atoms with E-state index in [0.717, 1.165) is 34.5 Å². The van der Waals surface area contributed by atoms with E-state index in [9.17, 15) is 4.79 Å². The van der Waals surface area contributed by atoms with E-state index in [4.69, 9.17) is 4.42 Å². The van der Waals surface area contributed by atoms with Crippen molar-refractivity contribution in [2.45, 2.75) is 33.4 Å². The second-order valence-corrected chi connectivity index (χ2v) is 7.32. The van der Waals surface area contributed by atoms with Crippen molar-refractivity contribution in [2.75, 3.05) is 6.54 Å². The second-order valence-electron chi connectivity index (χ2n) is 7.32. The molecule has 0 aliphatic carbocycles. The van der Waals surface area contributed by atoms with Crippen molar-refractivity contribution in [3.8, 4) is 11.5 Å². The summed E-state index contributed by atoms with van der Waals surface area (Å²) in [6.45, 7) is 5.78. The quantitative estimate of drug-likeness (QED) is 0.536. The summed E-state index contributed by atoms with van der Waals surface area (Å²) in [6, 6.07) is 3.88. The third-order valence-electron chi connectivity index (χ3n) is 5.14. The largest absolute Gasteiger partial charge is 0.439 e. The van der Waals surface area contributed by atoms with Gasteiger partial charge in [0.05, 0.1) is 30.6 Å². The number of aromatic nitrogens is 5. The van der Waals surface area contributed by atoms with E-state index in [2.05, 4.69) is 24.5 Å². The normalized spacial score (nSPS) is 13.7. The van der Waals surface area contributed by atoms with Crippen LogP contribution in [0.3, 0.4) is 0 Å². The lowest BCUT2D eigenvalue weighted by molar-refractivity contribution is -0.132. The Morgan fingerprint density at radius 1 is 1.07 bits per heavy atom. The highest BCUT2D eigenvalue weighted by atomic mass is 16.4. The molecule has 146 valence electrons. The molecule has 0 aromatic carbocycles.